The van der Waals surface area contributed by atoms with E-state index < -0.39 is 0 Å². The molecule has 0 fully saturated rings. The number of hydrogen-bond acceptors (Lipinski definition) is 3. The van der Waals surface area contributed by atoms with Gasteiger partial charge in [0.05, 0.1) is 12.6 Å². The van der Waals surface area contributed by atoms with Crippen molar-refractivity contribution in [1.29, 1.82) is 0 Å². The number of aliphatic imine (C=N–C) groups is 1. The van der Waals surface area contributed by atoms with Crippen molar-refractivity contribution in [2.75, 3.05) is 13.2 Å². The van der Waals surface area contributed by atoms with E-state index in [1.807, 2.05) is 0 Å². The van der Waals surface area contributed by atoms with Gasteiger partial charge in [0, 0.05) is 0 Å². The molecule has 1 atom stereocenters. The minimum atomic E-state index is 0.181. The lowest BCUT2D eigenvalue weighted by atomic mass is 9.92. The fourth-order valence-corrected chi connectivity index (χ4v) is 2.71. The van der Waals surface area contributed by atoms with Crippen molar-refractivity contribution in [3.05, 3.63) is 47.0 Å². The van der Waals surface area contributed by atoms with Crippen LogP contribution in [0.15, 0.2) is 35.3 Å². The zero-order valence-electron chi connectivity index (χ0n) is 13.4. The van der Waals surface area contributed by atoms with Gasteiger partial charge in [0.1, 0.15) is 6.61 Å². The van der Waals surface area contributed by atoms with E-state index in [0.717, 1.165) is 25.8 Å². The Balaban J connectivity index is 2.21. The van der Waals surface area contributed by atoms with Crippen LogP contribution >= 0.6 is 0 Å². The number of rotatable bonds is 6. The second-order valence-corrected chi connectivity index (χ2v) is 5.73. The van der Waals surface area contributed by atoms with Gasteiger partial charge < -0.3 is 10.1 Å². The van der Waals surface area contributed by atoms with Gasteiger partial charge in [0.25, 0.3) is 6.02 Å². The average Bonchev–Trinajstić information content (AvgIpc) is 2.94. The number of amidine groups is 1. The van der Waals surface area contributed by atoms with Gasteiger partial charge in [0.2, 0.25) is 0 Å². The van der Waals surface area contributed by atoms with Crippen LogP contribution in [0.25, 0.3) is 0 Å². The van der Waals surface area contributed by atoms with Gasteiger partial charge in [-0.2, -0.15) is 0 Å². The van der Waals surface area contributed by atoms with Crippen LogP contribution in [0.2, 0.25) is 0 Å². The van der Waals surface area contributed by atoms with Crippen molar-refractivity contribution in [2.45, 2.75) is 46.1 Å². The molecule has 1 aliphatic rings. The standard InChI is InChI=1S/C18H26N2O/c1-5-7-13(2)12-17(20-18-19-10-11-21-18)16-9-6-8-14(3)15(16)4/h6,8-9,17H,2,5,7,10-12H2,1,3-4H3,(H,19,20). The predicted octanol–water partition coefficient (Wildman–Crippen LogP) is 4.07. The Kier molecular flexibility index (Phi) is 5.43. The third-order valence-corrected chi connectivity index (χ3v) is 4.00. The summed E-state index contributed by atoms with van der Waals surface area (Å²) < 4.78 is 5.53. The molecule has 1 unspecified atom stereocenters. The Hall–Kier alpha value is -1.77. The van der Waals surface area contributed by atoms with E-state index >= 15 is 0 Å². The summed E-state index contributed by atoms with van der Waals surface area (Å²) in [6.07, 6.45) is 3.12. The molecule has 0 spiro atoms. The van der Waals surface area contributed by atoms with Crippen LogP contribution in [0.1, 0.15) is 48.9 Å². The number of hydrogen-bond donors (Lipinski definition) is 1. The molecule has 0 aromatic heterocycles. The molecule has 2 rings (SSSR count). The lowest BCUT2D eigenvalue weighted by Gasteiger charge is -2.23. The van der Waals surface area contributed by atoms with Crippen LogP contribution in [0.5, 0.6) is 0 Å². The van der Waals surface area contributed by atoms with Crippen LogP contribution in [-0.2, 0) is 4.74 Å². The summed E-state index contributed by atoms with van der Waals surface area (Å²) in [5, 5.41) is 3.46. The molecule has 0 radical (unpaired) electrons. The van der Waals surface area contributed by atoms with Gasteiger partial charge in [0.15, 0.2) is 0 Å². The Morgan fingerprint density at radius 1 is 1.43 bits per heavy atom. The van der Waals surface area contributed by atoms with E-state index in [1.165, 1.54) is 22.3 Å². The minimum Gasteiger partial charge on any atom is -0.463 e. The Bertz CT molecular complexity index is 534. The van der Waals surface area contributed by atoms with Gasteiger partial charge in [-0.15, -0.1) is 0 Å². The SMILES string of the molecule is C=C(CCC)CC(NC1=NCCO1)c1cccc(C)c1C. The zero-order chi connectivity index (χ0) is 15.2. The maximum absolute atomic E-state index is 5.53. The minimum absolute atomic E-state index is 0.181. The Morgan fingerprint density at radius 3 is 2.90 bits per heavy atom. The second kappa shape index (κ2) is 7.30. The van der Waals surface area contributed by atoms with Crippen LogP contribution in [0.3, 0.4) is 0 Å². The van der Waals surface area contributed by atoms with Crippen LogP contribution in [0, 0.1) is 13.8 Å². The van der Waals surface area contributed by atoms with E-state index in [0.29, 0.717) is 12.6 Å². The summed E-state index contributed by atoms with van der Waals surface area (Å²) in [5.41, 5.74) is 5.23. The van der Waals surface area contributed by atoms with E-state index in [2.05, 4.69) is 55.9 Å². The highest BCUT2D eigenvalue weighted by molar-refractivity contribution is 5.75. The highest BCUT2D eigenvalue weighted by atomic mass is 16.5. The first-order valence-electron chi connectivity index (χ1n) is 7.78. The van der Waals surface area contributed by atoms with E-state index in [-0.39, 0.29) is 6.04 Å². The molecule has 0 saturated carbocycles. The summed E-state index contributed by atoms with van der Waals surface area (Å²) in [7, 11) is 0. The van der Waals surface area contributed by atoms with Gasteiger partial charge in [-0.05, 0) is 43.4 Å². The maximum atomic E-state index is 5.53. The molecule has 21 heavy (non-hydrogen) atoms. The normalized spacial score (nSPS) is 15.3. The molecule has 1 aromatic rings. The molecule has 1 aromatic carbocycles. The van der Waals surface area contributed by atoms with Crippen molar-refractivity contribution < 1.29 is 4.74 Å². The lowest BCUT2D eigenvalue weighted by Crippen LogP contribution is -2.29. The first-order valence-corrected chi connectivity index (χ1v) is 7.78. The molecule has 0 saturated heterocycles. The number of nitrogens with one attached hydrogen (secondary N) is 1. The number of benzene rings is 1. The summed E-state index contributed by atoms with van der Waals surface area (Å²) in [5.74, 6) is 0. The maximum Gasteiger partial charge on any atom is 0.285 e. The molecule has 0 bridgehead atoms. The van der Waals surface area contributed by atoms with Crippen molar-refractivity contribution in [3.63, 3.8) is 0 Å². The van der Waals surface area contributed by atoms with Gasteiger partial charge in [-0.3, -0.25) is 0 Å². The van der Waals surface area contributed by atoms with Crippen molar-refractivity contribution in [3.8, 4) is 0 Å². The Morgan fingerprint density at radius 2 is 2.24 bits per heavy atom. The molecular formula is C18H26N2O. The largest absolute Gasteiger partial charge is 0.463 e. The van der Waals surface area contributed by atoms with Crippen LogP contribution in [-0.4, -0.2) is 19.2 Å². The average molecular weight is 286 g/mol. The molecule has 1 N–H and O–H groups in total. The number of ether oxygens (including phenoxy) is 1. The second-order valence-electron chi connectivity index (χ2n) is 5.73. The molecule has 0 aliphatic carbocycles. The van der Waals surface area contributed by atoms with E-state index in [1.54, 1.807) is 0 Å². The smallest absolute Gasteiger partial charge is 0.285 e. The first-order chi connectivity index (χ1) is 10.1. The zero-order valence-corrected chi connectivity index (χ0v) is 13.4. The fraction of sp³-hybridized carbons (Fsp3) is 0.500. The van der Waals surface area contributed by atoms with Crippen molar-refractivity contribution in [2.24, 2.45) is 4.99 Å². The number of nitrogens with zero attached hydrogens (tertiary/aromatic N) is 1. The summed E-state index contributed by atoms with van der Waals surface area (Å²) in [6, 6.07) is 7.31. The topological polar surface area (TPSA) is 33.6 Å². The van der Waals surface area contributed by atoms with E-state index in [4.69, 9.17) is 4.74 Å². The molecule has 1 heterocycles. The molecule has 3 nitrogen and oxygen atoms in total. The Labute approximate surface area is 128 Å². The molecular weight excluding hydrogens is 260 g/mol. The lowest BCUT2D eigenvalue weighted by molar-refractivity contribution is 0.324. The van der Waals surface area contributed by atoms with Gasteiger partial charge in [-0.25, -0.2) is 4.99 Å². The highest BCUT2D eigenvalue weighted by Crippen LogP contribution is 2.27. The monoisotopic (exact) mass is 286 g/mol. The van der Waals surface area contributed by atoms with Gasteiger partial charge in [-0.1, -0.05) is 43.7 Å². The summed E-state index contributed by atoms with van der Waals surface area (Å²) in [4.78, 5) is 4.36. The van der Waals surface area contributed by atoms with Crippen molar-refractivity contribution >= 4 is 6.02 Å². The first kappa shape index (κ1) is 15.6. The predicted molar refractivity (Wildman–Crippen MR) is 88.7 cm³/mol. The molecule has 3 heteroatoms. The molecule has 0 amide bonds. The van der Waals surface area contributed by atoms with E-state index in [9.17, 15) is 0 Å². The quantitative estimate of drug-likeness (QED) is 0.800. The molecule has 1 aliphatic heterocycles. The molecule has 114 valence electrons. The highest BCUT2D eigenvalue weighted by Gasteiger charge is 2.19. The van der Waals surface area contributed by atoms with Crippen LogP contribution in [0.4, 0.5) is 0 Å². The van der Waals surface area contributed by atoms with Crippen LogP contribution < -0.4 is 5.32 Å². The number of aryl methyl sites for hydroxylation is 1. The summed E-state index contributed by atoms with van der Waals surface area (Å²) >= 11 is 0. The summed E-state index contributed by atoms with van der Waals surface area (Å²) in [6.45, 7) is 12.2. The third kappa shape index (κ3) is 4.10. The fourth-order valence-electron chi connectivity index (χ4n) is 2.71. The van der Waals surface area contributed by atoms with Crippen molar-refractivity contribution in [1.82, 2.24) is 5.32 Å². The van der Waals surface area contributed by atoms with Gasteiger partial charge >= 0.3 is 0 Å². The third-order valence-electron chi connectivity index (χ3n) is 4.00.